The summed E-state index contributed by atoms with van der Waals surface area (Å²) < 4.78 is 7.25. The molecule has 0 aliphatic carbocycles. The van der Waals surface area contributed by atoms with Gasteiger partial charge >= 0.3 is 6.09 Å². The fourth-order valence-corrected chi connectivity index (χ4v) is 2.46. The summed E-state index contributed by atoms with van der Waals surface area (Å²) in [7, 11) is 1.96. The van der Waals surface area contributed by atoms with Crippen molar-refractivity contribution in [1.29, 1.82) is 0 Å². The summed E-state index contributed by atoms with van der Waals surface area (Å²) in [6.45, 7) is 9.99. The largest absolute Gasteiger partial charge is 0.444 e. The van der Waals surface area contributed by atoms with E-state index in [2.05, 4.69) is 24.1 Å². The molecular formula is C17H31N3O3. The molecule has 1 aromatic heterocycles. The van der Waals surface area contributed by atoms with Crippen molar-refractivity contribution >= 4 is 6.09 Å². The standard InChI is InChI=1S/C17H31N3O3/c1-13(2)17(12-21,8-7-14-18-9-10-20(14)6)11-19-15(22)23-16(3,4)5/h9-10,13,21H,7-8,11-12H2,1-6H3,(H,19,22). The zero-order valence-corrected chi connectivity index (χ0v) is 15.2. The maximum Gasteiger partial charge on any atom is 0.407 e. The van der Waals surface area contributed by atoms with Crippen LogP contribution in [-0.2, 0) is 18.2 Å². The summed E-state index contributed by atoms with van der Waals surface area (Å²) in [6.07, 6.45) is 4.71. The number of aromatic nitrogens is 2. The molecule has 6 heteroatoms. The third kappa shape index (κ3) is 5.86. The third-order valence-electron chi connectivity index (χ3n) is 4.29. The topological polar surface area (TPSA) is 76.4 Å². The van der Waals surface area contributed by atoms with Crippen molar-refractivity contribution < 1.29 is 14.6 Å². The van der Waals surface area contributed by atoms with Crippen LogP contribution in [0.25, 0.3) is 0 Å². The van der Waals surface area contributed by atoms with E-state index >= 15 is 0 Å². The normalized spacial score (nSPS) is 14.6. The maximum absolute atomic E-state index is 11.9. The van der Waals surface area contributed by atoms with Crippen molar-refractivity contribution in [3.8, 4) is 0 Å². The summed E-state index contributed by atoms with van der Waals surface area (Å²) in [4.78, 5) is 16.2. The Hall–Kier alpha value is -1.56. The van der Waals surface area contributed by atoms with Gasteiger partial charge in [-0.3, -0.25) is 0 Å². The molecule has 0 aromatic carbocycles. The van der Waals surface area contributed by atoms with Crippen molar-refractivity contribution in [3.63, 3.8) is 0 Å². The van der Waals surface area contributed by atoms with E-state index in [0.717, 1.165) is 18.7 Å². The first-order chi connectivity index (χ1) is 10.6. The Morgan fingerprint density at radius 1 is 1.43 bits per heavy atom. The molecule has 6 nitrogen and oxygen atoms in total. The molecular weight excluding hydrogens is 294 g/mol. The fourth-order valence-electron chi connectivity index (χ4n) is 2.46. The Morgan fingerprint density at radius 3 is 2.52 bits per heavy atom. The zero-order chi connectivity index (χ0) is 17.7. The van der Waals surface area contributed by atoms with Crippen LogP contribution in [0.5, 0.6) is 0 Å². The molecule has 1 rings (SSSR count). The molecule has 0 radical (unpaired) electrons. The number of ether oxygens (including phenoxy) is 1. The average molecular weight is 325 g/mol. The number of aryl methyl sites for hydroxylation is 2. The van der Waals surface area contributed by atoms with Crippen LogP contribution >= 0.6 is 0 Å². The molecule has 1 unspecified atom stereocenters. The highest BCUT2D eigenvalue weighted by Gasteiger charge is 2.34. The lowest BCUT2D eigenvalue weighted by atomic mass is 9.74. The number of imidazole rings is 1. The van der Waals surface area contributed by atoms with Crippen LogP contribution in [0.15, 0.2) is 12.4 Å². The number of amides is 1. The fraction of sp³-hybridized carbons (Fsp3) is 0.765. The molecule has 23 heavy (non-hydrogen) atoms. The summed E-state index contributed by atoms with van der Waals surface area (Å²) >= 11 is 0. The van der Waals surface area contributed by atoms with Gasteiger partial charge in [-0.05, 0) is 33.1 Å². The first-order valence-corrected chi connectivity index (χ1v) is 8.13. The minimum absolute atomic E-state index is 0.00485. The number of carbonyl (C=O) groups is 1. The molecule has 0 bridgehead atoms. The summed E-state index contributed by atoms with van der Waals surface area (Å²) in [6, 6.07) is 0. The molecule has 2 N–H and O–H groups in total. The molecule has 0 saturated carbocycles. The zero-order valence-electron chi connectivity index (χ0n) is 15.2. The average Bonchev–Trinajstić information content (AvgIpc) is 2.83. The molecule has 0 aliphatic rings. The first-order valence-electron chi connectivity index (χ1n) is 8.13. The molecule has 1 amide bonds. The molecule has 1 aromatic rings. The van der Waals surface area contributed by atoms with E-state index in [-0.39, 0.29) is 12.5 Å². The quantitative estimate of drug-likeness (QED) is 0.807. The van der Waals surface area contributed by atoms with Gasteiger partial charge in [0, 0.05) is 37.8 Å². The number of aliphatic hydroxyl groups is 1. The first kappa shape index (κ1) is 19.5. The van der Waals surface area contributed by atoms with E-state index < -0.39 is 17.1 Å². The van der Waals surface area contributed by atoms with Gasteiger partial charge in [0.25, 0.3) is 0 Å². The van der Waals surface area contributed by atoms with Gasteiger partial charge in [-0.15, -0.1) is 0 Å². The molecule has 132 valence electrons. The highest BCUT2D eigenvalue weighted by molar-refractivity contribution is 5.67. The number of nitrogens with one attached hydrogen (secondary N) is 1. The number of rotatable bonds is 7. The van der Waals surface area contributed by atoms with E-state index in [9.17, 15) is 9.90 Å². The van der Waals surface area contributed by atoms with E-state index in [4.69, 9.17) is 4.74 Å². The summed E-state index contributed by atoms with van der Waals surface area (Å²) in [5.41, 5.74) is -0.931. The smallest absolute Gasteiger partial charge is 0.407 e. The number of hydrogen-bond donors (Lipinski definition) is 2. The minimum atomic E-state index is -0.531. The predicted octanol–water partition coefficient (Wildman–Crippen LogP) is 2.51. The van der Waals surface area contributed by atoms with Crippen molar-refractivity contribution in [3.05, 3.63) is 18.2 Å². The Kier molecular flexibility index (Phi) is 6.62. The number of nitrogens with zero attached hydrogens (tertiary/aromatic N) is 2. The molecule has 0 saturated heterocycles. The molecule has 0 aliphatic heterocycles. The lowest BCUT2D eigenvalue weighted by molar-refractivity contribution is 0.0367. The van der Waals surface area contributed by atoms with E-state index in [1.54, 1.807) is 6.20 Å². The van der Waals surface area contributed by atoms with Gasteiger partial charge in [0.05, 0.1) is 6.61 Å². The van der Waals surface area contributed by atoms with Crippen LogP contribution in [0.4, 0.5) is 4.79 Å². The second-order valence-corrected chi connectivity index (χ2v) is 7.49. The second kappa shape index (κ2) is 7.81. The molecule has 1 atom stereocenters. The van der Waals surface area contributed by atoms with Gasteiger partial charge in [0.15, 0.2) is 0 Å². The number of hydrogen-bond acceptors (Lipinski definition) is 4. The van der Waals surface area contributed by atoms with Crippen molar-refractivity contribution in [2.24, 2.45) is 18.4 Å². The van der Waals surface area contributed by atoms with Crippen LogP contribution in [-0.4, -0.2) is 39.5 Å². The van der Waals surface area contributed by atoms with Gasteiger partial charge < -0.3 is 19.7 Å². The SMILES string of the molecule is CC(C)C(CO)(CCc1nccn1C)CNC(=O)OC(C)(C)C. The highest BCUT2D eigenvalue weighted by atomic mass is 16.6. The lowest BCUT2D eigenvalue weighted by Crippen LogP contribution is -2.45. The minimum Gasteiger partial charge on any atom is -0.444 e. The number of aliphatic hydroxyl groups excluding tert-OH is 1. The van der Waals surface area contributed by atoms with Crippen LogP contribution in [0.3, 0.4) is 0 Å². The monoisotopic (exact) mass is 325 g/mol. The van der Waals surface area contributed by atoms with Gasteiger partial charge in [0.2, 0.25) is 0 Å². The third-order valence-corrected chi connectivity index (χ3v) is 4.29. The van der Waals surface area contributed by atoms with Crippen LogP contribution < -0.4 is 5.32 Å². The lowest BCUT2D eigenvalue weighted by Gasteiger charge is -2.36. The van der Waals surface area contributed by atoms with E-state index in [1.165, 1.54) is 0 Å². The Bertz CT molecular complexity index is 505. The van der Waals surface area contributed by atoms with E-state index in [0.29, 0.717) is 6.54 Å². The summed E-state index contributed by atoms with van der Waals surface area (Å²) in [5.74, 6) is 1.18. The Balaban J connectivity index is 2.70. The highest BCUT2D eigenvalue weighted by Crippen LogP contribution is 2.32. The second-order valence-electron chi connectivity index (χ2n) is 7.49. The number of carbonyl (C=O) groups excluding carboxylic acids is 1. The molecule has 1 heterocycles. The van der Waals surface area contributed by atoms with Gasteiger partial charge in [-0.2, -0.15) is 0 Å². The maximum atomic E-state index is 11.9. The van der Waals surface area contributed by atoms with Gasteiger partial charge in [-0.25, -0.2) is 9.78 Å². The van der Waals surface area contributed by atoms with Crippen molar-refractivity contribution in [1.82, 2.24) is 14.9 Å². The Morgan fingerprint density at radius 2 is 2.09 bits per heavy atom. The summed E-state index contributed by atoms with van der Waals surface area (Å²) in [5, 5.41) is 12.8. The molecule has 0 spiro atoms. The Labute approximate surface area is 139 Å². The van der Waals surface area contributed by atoms with Crippen LogP contribution in [0.1, 0.15) is 46.9 Å². The number of alkyl carbamates (subject to hydrolysis) is 1. The van der Waals surface area contributed by atoms with Gasteiger partial charge in [-0.1, -0.05) is 13.8 Å². The predicted molar refractivity (Wildman–Crippen MR) is 90.1 cm³/mol. The van der Waals surface area contributed by atoms with Crippen molar-refractivity contribution in [2.75, 3.05) is 13.2 Å². The van der Waals surface area contributed by atoms with Crippen LogP contribution in [0, 0.1) is 11.3 Å². The van der Waals surface area contributed by atoms with Crippen LogP contribution in [0.2, 0.25) is 0 Å². The van der Waals surface area contributed by atoms with E-state index in [1.807, 2.05) is 38.6 Å². The molecule has 0 fully saturated rings. The van der Waals surface area contributed by atoms with Crippen molar-refractivity contribution in [2.45, 2.75) is 53.1 Å². The van der Waals surface area contributed by atoms with Gasteiger partial charge in [0.1, 0.15) is 11.4 Å².